The largest absolute Gasteiger partial charge is 0.387 e. The molecule has 0 aliphatic rings. The molecule has 0 spiro atoms. The van der Waals surface area contributed by atoms with Gasteiger partial charge in [-0.3, -0.25) is 0 Å². The molecular weight excluding hydrogens is 200 g/mol. The summed E-state index contributed by atoms with van der Waals surface area (Å²) >= 11 is 0. The van der Waals surface area contributed by atoms with Crippen LogP contribution in [0.25, 0.3) is 10.9 Å². The quantitative estimate of drug-likeness (QED) is 0.826. The predicted molar refractivity (Wildman–Crippen MR) is 66.3 cm³/mol. The van der Waals surface area contributed by atoms with Crippen LogP contribution in [0.1, 0.15) is 23.8 Å². The monoisotopic (exact) mass is 218 g/mol. The molecule has 0 aliphatic carbocycles. The second kappa shape index (κ2) is 4.28. The Morgan fingerprint density at radius 1 is 1.44 bits per heavy atom. The summed E-state index contributed by atoms with van der Waals surface area (Å²) in [4.78, 5) is 0. The van der Waals surface area contributed by atoms with Crippen LogP contribution in [0.4, 0.5) is 0 Å². The van der Waals surface area contributed by atoms with Crippen molar-refractivity contribution in [3.8, 4) is 0 Å². The van der Waals surface area contributed by atoms with Crippen LogP contribution in [-0.4, -0.2) is 16.2 Å². The molecule has 3 heteroatoms. The first kappa shape index (κ1) is 11.2. The van der Waals surface area contributed by atoms with Crippen LogP contribution in [-0.2, 0) is 7.05 Å². The summed E-state index contributed by atoms with van der Waals surface area (Å²) in [5, 5.41) is 11.2. The molecule has 1 aromatic heterocycles. The van der Waals surface area contributed by atoms with Gasteiger partial charge < -0.3 is 15.4 Å². The maximum absolute atomic E-state index is 9.99. The number of nitrogens with two attached hydrogens (primary N) is 1. The van der Waals surface area contributed by atoms with E-state index in [0.29, 0.717) is 13.0 Å². The molecule has 0 fully saturated rings. The Hall–Kier alpha value is -1.32. The molecule has 3 N–H and O–H groups in total. The Balaban J connectivity index is 2.56. The van der Waals surface area contributed by atoms with Crippen molar-refractivity contribution in [3.05, 3.63) is 35.5 Å². The van der Waals surface area contributed by atoms with Crippen LogP contribution in [0.3, 0.4) is 0 Å². The third-order valence-electron chi connectivity index (χ3n) is 3.08. The number of para-hydroxylation sites is 1. The number of hydrogen-bond acceptors (Lipinski definition) is 2. The first-order chi connectivity index (χ1) is 7.65. The van der Waals surface area contributed by atoms with Crippen LogP contribution in [0.5, 0.6) is 0 Å². The Bertz CT molecular complexity index is 502. The van der Waals surface area contributed by atoms with Gasteiger partial charge in [-0.2, -0.15) is 0 Å². The number of aryl methyl sites for hydroxylation is 2. The number of aromatic nitrogens is 1. The molecule has 1 unspecified atom stereocenters. The molecule has 1 aromatic carbocycles. The number of aliphatic hydroxyl groups is 1. The van der Waals surface area contributed by atoms with Gasteiger partial charge in [0.15, 0.2) is 0 Å². The van der Waals surface area contributed by atoms with Crippen molar-refractivity contribution in [1.82, 2.24) is 4.57 Å². The maximum atomic E-state index is 9.99. The lowest BCUT2D eigenvalue weighted by molar-refractivity contribution is 0.162. The van der Waals surface area contributed by atoms with Crippen LogP contribution >= 0.6 is 0 Å². The number of aliphatic hydroxyl groups excluding tert-OH is 1. The van der Waals surface area contributed by atoms with Gasteiger partial charge in [-0.25, -0.2) is 0 Å². The molecule has 3 nitrogen and oxygen atoms in total. The highest BCUT2D eigenvalue weighted by Gasteiger charge is 2.14. The molecule has 0 bridgehead atoms. The third kappa shape index (κ3) is 1.72. The highest BCUT2D eigenvalue weighted by atomic mass is 16.3. The molecule has 1 heterocycles. The average molecular weight is 218 g/mol. The zero-order chi connectivity index (χ0) is 11.7. The van der Waals surface area contributed by atoms with Crippen LogP contribution in [0, 0.1) is 6.92 Å². The predicted octanol–water partition coefficient (Wildman–Crippen LogP) is 1.87. The smallest absolute Gasteiger partial charge is 0.0952 e. The Morgan fingerprint density at radius 2 is 2.19 bits per heavy atom. The van der Waals surface area contributed by atoms with E-state index in [1.54, 1.807) is 0 Å². The highest BCUT2D eigenvalue weighted by molar-refractivity contribution is 5.84. The Labute approximate surface area is 95.5 Å². The minimum Gasteiger partial charge on any atom is -0.387 e. The van der Waals surface area contributed by atoms with Crippen molar-refractivity contribution >= 4 is 10.9 Å². The van der Waals surface area contributed by atoms with E-state index in [0.717, 1.165) is 5.69 Å². The molecule has 2 aromatic rings. The van der Waals surface area contributed by atoms with Gasteiger partial charge >= 0.3 is 0 Å². The van der Waals surface area contributed by atoms with E-state index in [1.165, 1.54) is 16.5 Å². The molecule has 1 atom stereocenters. The molecule has 0 saturated carbocycles. The van der Waals surface area contributed by atoms with E-state index in [4.69, 9.17) is 5.73 Å². The van der Waals surface area contributed by atoms with E-state index in [9.17, 15) is 5.11 Å². The van der Waals surface area contributed by atoms with E-state index in [2.05, 4.69) is 23.6 Å². The SMILES string of the molecule is Cc1cccc2cc(C(O)CCN)n(C)c12. The molecule has 0 amide bonds. The number of rotatable bonds is 3. The summed E-state index contributed by atoms with van der Waals surface area (Å²) in [6.45, 7) is 2.59. The normalized spacial score (nSPS) is 13.2. The average Bonchev–Trinajstić information content (AvgIpc) is 2.58. The molecule has 16 heavy (non-hydrogen) atoms. The lowest BCUT2D eigenvalue weighted by Gasteiger charge is -2.11. The second-order valence-corrected chi connectivity index (χ2v) is 4.23. The Kier molecular flexibility index (Phi) is 2.99. The molecule has 0 aliphatic heterocycles. The standard InChI is InChI=1S/C13H18N2O/c1-9-4-3-5-10-8-11(12(16)6-7-14)15(2)13(9)10/h3-5,8,12,16H,6-7,14H2,1-2H3. The summed E-state index contributed by atoms with van der Waals surface area (Å²) < 4.78 is 2.06. The first-order valence-electron chi connectivity index (χ1n) is 5.58. The number of benzene rings is 1. The lowest BCUT2D eigenvalue weighted by Crippen LogP contribution is -2.09. The van der Waals surface area contributed by atoms with Crippen molar-refractivity contribution in [2.24, 2.45) is 12.8 Å². The van der Waals surface area contributed by atoms with E-state index < -0.39 is 6.10 Å². The van der Waals surface area contributed by atoms with Crippen LogP contribution < -0.4 is 5.73 Å². The van der Waals surface area contributed by atoms with E-state index in [-0.39, 0.29) is 0 Å². The second-order valence-electron chi connectivity index (χ2n) is 4.23. The van der Waals surface area contributed by atoms with E-state index in [1.807, 2.05) is 19.2 Å². The first-order valence-corrected chi connectivity index (χ1v) is 5.58. The Morgan fingerprint density at radius 3 is 2.81 bits per heavy atom. The molecular formula is C13H18N2O. The van der Waals surface area contributed by atoms with Gasteiger partial charge in [-0.1, -0.05) is 18.2 Å². The molecule has 2 rings (SSSR count). The van der Waals surface area contributed by atoms with Gasteiger partial charge in [-0.15, -0.1) is 0 Å². The maximum Gasteiger partial charge on any atom is 0.0952 e. The minimum absolute atomic E-state index is 0.471. The fraction of sp³-hybridized carbons (Fsp3) is 0.385. The van der Waals surface area contributed by atoms with Gasteiger partial charge in [0.2, 0.25) is 0 Å². The summed E-state index contributed by atoms with van der Waals surface area (Å²) in [5.74, 6) is 0. The third-order valence-corrected chi connectivity index (χ3v) is 3.08. The van der Waals surface area contributed by atoms with Crippen molar-refractivity contribution in [2.45, 2.75) is 19.4 Å². The van der Waals surface area contributed by atoms with Gasteiger partial charge in [0.05, 0.1) is 11.6 Å². The zero-order valence-corrected chi connectivity index (χ0v) is 9.77. The van der Waals surface area contributed by atoms with Crippen LogP contribution in [0.2, 0.25) is 0 Å². The fourth-order valence-electron chi connectivity index (χ4n) is 2.27. The van der Waals surface area contributed by atoms with E-state index >= 15 is 0 Å². The van der Waals surface area contributed by atoms with Crippen molar-refractivity contribution in [1.29, 1.82) is 0 Å². The van der Waals surface area contributed by atoms with Crippen LogP contribution in [0.15, 0.2) is 24.3 Å². The van der Waals surface area contributed by atoms with Gasteiger partial charge in [0.25, 0.3) is 0 Å². The highest BCUT2D eigenvalue weighted by Crippen LogP contribution is 2.26. The molecule has 0 saturated heterocycles. The van der Waals surface area contributed by atoms with Gasteiger partial charge in [0.1, 0.15) is 0 Å². The molecule has 0 radical (unpaired) electrons. The zero-order valence-electron chi connectivity index (χ0n) is 9.77. The van der Waals surface area contributed by atoms with Gasteiger partial charge in [-0.05, 0) is 31.5 Å². The number of fused-ring (bicyclic) bond motifs is 1. The number of nitrogens with zero attached hydrogens (tertiary/aromatic N) is 1. The topological polar surface area (TPSA) is 51.2 Å². The molecule has 86 valence electrons. The fourth-order valence-corrected chi connectivity index (χ4v) is 2.27. The summed E-state index contributed by atoms with van der Waals surface area (Å²) in [5.41, 5.74) is 8.83. The summed E-state index contributed by atoms with van der Waals surface area (Å²) in [7, 11) is 1.99. The minimum atomic E-state index is -0.471. The van der Waals surface area contributed by atoms with Crippen molar-refractivity contribution < 1.29 is 5.11 Å². The van der Waals surface area contributed by atoms with Crippen molar-refractivity contribution in [3.63, 3.8) is 0 Å². The summed E-state index contributed by atoms with van der Waals surface area (Å²) in [6, 6.07) is 8.24. The summed E-state index contributed by atoms with van der Waals surface area (Å²) in [6.07, 6.45) is 0.130. The van der Waals surface area contributed by atoms with Gasteiger partial charge in [0, 0.05) is 18.1 Å². The number of hydrogen-bond donors (Lipinski definition) is 2. The lowest BCUT2D eigenvalue weighted by atomic mass is 10.1. The van der Waals surface area contributed by atoms with Crippen molar-refractivity contribution in [2.75, 3.05) is 6.54 Å².